The molecule has 0 atom stereocenters. The zero-order valence-corrected chi connectivity index (χ0v) is 16.0. The minimum Gasteiger partial charge on any atom is -0.357 e. The summed E-state index contributed by atoms with van der Waals surface area (Å²) in [6, 6.07) is 10.6. The van der Waals surface area contributed by atoms with E-state index in [1.807, 2.05) is 6.92 Å². The van der Waals surface area contributed by atoms with Crippen LogP contribution in [0.1, 0.15) is 42.8 Å². The van der Waals surface area contributed by atoms with Crippen molar-refractivity contribution in [2.24, 2.45) is 4.99 Å². The highest BCUT2D eigenvalue weighted by Crippen LogP contribution is 2.10. The first-order valence-corrected chi connectivity index (χ1v) is 9.24. The summed E-state index contributed by atoms with van der Waals surface area (Å²) in [5.41, 5.74) is 4.96. The third-order valence-corrected chi connectivity index (χ3v) is 4.19. The van der Waals surface area contributed by atoms with Crippen molar-refractivity contribution < 1.29 is 0 Å². The number of benzene rings is 1. The van der Waals surface area contributed by atoms with E-state index in [1.165, 1.54) is 16.8 Å². The molecule has 2 aromatic rings. The SMILES string of the molecule is CCNC(=NCc1ccccc1CC)NCCCn1nc(C)cc1C. The van der Waals surface area contributed by atoms with E-state index in [4.69, 9.17) is 4.99 Å². The van der Waals surface area contributed by atoms with Gasteiger partial charge in [0.1, 0.15) is 0 Å². The molecule has 0 unspecified atom stereocenters. The van der Waals surface area contributed by atoms with E-state index < -0.39 is 0 Å². The lowest BCUT2D eigenvalue weighted by molar-refractivity contribution is 0.555. The molecule has 0 fully saturated rings. The highest BCUT2D eigenvalue weighted by Gasteiger charge is 2.03. The van der Waals surface area contributed by atoms with E-state index in [9.17, 15) is 0 Å². The van der Waals surface area contributed by atoms with Crippen LogP contribution in [0.4, 0.5) is 0 Å². The summed E-state index contributed by atoms with van der Waals surface area (Å²) in [6.07, 6.45) is 2.05. The maximum atomic E-state index is 4.73. The first-order valence-electron chi connectivity index (χ1n) is 9.24. The van der Waals surface area contributed by atoms with E-state index in [0.29, 0.717) is 6.54 Å². The van der Waals surface area contributed by atoms with Crippen molar-refractivity contribution in [1.29, 1.82) is 0 Å². The molecule has 0 aliphatic heterocycles. The highest BCUT2D eigenvalue weighted by atomic mass is 15.3. The topological polar surface area (TPSA) is 54.2 Å². The summed E-state index contributed by atoms with van der Waals surface area (Å²) in [7, 11) is 0. The van der Waals surface area contributed by atoms with E-state index >= 15 is 0 Å². The van der Waals surface area contributed by atoms with E-state index in [-0.39, 0.29) is 0 Å². The molecule has 0 spiro atoms. The van der Waals surface area contributed by atoms with Crippen molar-refractivity contribution in [3.63, 3.8) is 0 Å². The van der Waals surface area contributed by atoms with Crippen molar-refractivity contribution >= 4 is 5.96 Å². The molecule has 0 saturated heterocycles. The van der Waals surface area contributed by atoms with E-state index in [1.54, 1.807) is 0 Å². The smallest absolute Gasteiger partial charge is 0.191 e. The van der Waals surface area contributed by atoms with Crippen molar-refractivity contribution in [3.8, 4) is 0 Å². The number of aryl methyl sites for hydroxylation is 4. The van der Waals surface area contributed by atoms with Gasteiger partial charge in [0.05, 0.1) is 12.2 Å². The molecular formula is C20H31N5. The molecule has 0 radical (unpaired) electrons. The van der Waals surface area contributed by atoms with Crippen LogP contribution < -0.4 is 10.6 Å². The lowest BCUT2D eigenvalue weighted by atomic mass is 10.1. The molecule has 0 aliphatic rings. The van der Waals surface area contributed by atoms with Crippen molar-refractivity contribution in [3.05, 3.63) is 52.8 Å². The Balaban J connectivity index is 1.86. The highest BCUT2D eigenvalue weighted by molar-refractivity contribution is 5.79. The molecule has 5 nitrogen and oxygen atoms in total. The summed E-state index contributed by atoms with van der Waals surface area (Å²) in [4.78, 5) is 4.73. The molecule has 1 aromatic heterocycles. The lowest BCUT2D eigenvalue weighted by Gasteiger charge is -2.12. The lowest BCUT2D eigenvalue weighted by Crippen LogP contribution is -2.38. The predicted octanol–water partition coefficient (Wildman–Crippen LogP) is 3.21. The number of aromatic nitrogens is 2. The first kappa shape index (κ1) is 19.0. The van der Waals surface area contributed by atoms with E-state index in [2.05, 4.69) is 71.5 Å². The van der Waals surface area contributed by atoms with Crippen LogP contribution in [0.25, 0.3) is 0 Å². The van der Waals surface area contributed by atoms with Gasteiger partial charge in [-0.25, -0.2) is 4.99 Å². The second-order valence-electron chi connectivity index (χ2n) is 6.25. The molecule has 1 heterocycles. The van der Waals surface area contributed by atoms with Crippen LogP contribution in [0.15, 0.2) is 35.3 Å². The molecule has 1 aromatic carbocycles. The molecule has 25 heavy (non-hydrogen) atoms. The Morgan fingerprint density at radius 1 is 1.12 bits per heavy atom. The van der Waals surface area contributed by atoms with Gasteiger partial charge in [-0.3, -0.25) is 4.68 Å². The Kier molecular flexibility index (Phi) is 7.51. The van der Waals surface area contributed by atoms with Crippen LogP contribution in [-0.2, 0) is 19.5 Å². The van der Waals surface area contributed by atoms with Gasteiger partial charge in [0.2, 0.25) is 0 Å². The van der Waals surface area contributed by atoms with Gasteiger partial charge < -0.3 is 10.6 Å². The van der Waals surface area contributed by atoms with Crippen LogP contribution in [0.2, 0.25) is 0 Å². The fourth-order valence-electron chi connectivity index (χ4n) is 2.90. The van der Waals surface area contributed by atoms with Gasteiger partial charge in [-0.15, -0.1) is 0 Å². The standard InChI is InChI=1S/C20H31N5/c1-5-18-10-7-8-11-19(18)15-23-20(21-6-2)22-12-9-13-25-17(4)14-16(3)24-25/h7-8,10-11,14H,5-6,9,12-13,15H2,1-4H3,(H2,21,22,23). The summed E-state index contributed by atoms with van der Waals surface area (Å²) >= 11 is 0. The molecule has 136 valence electrons. The van der Waals surface area contributed by atoms with Crippen LogP contribution >= 0.6 is 0 Å². The van der Waals surface area contributed by atoms with Gasteiger partial charge in [-0.2, -0.15) is 5.10 Å². The number of rotatable bonds is 8. The fraction of sp³-hybridized carbons (Fsp3) is 0.500. The average molecular weight is 342 g/mol. The second kappa shape index (κ2) is 9.87. The van der Waals surface area contributed by atoms with Gasteiger partial charge in [0, 0.05) is 25.3 Å². The van der Waals surface area contributed by atoms with Crippen LogP contribution in [0.5, 0.6) is 0 Å². The monoisotopic (exact) mass is 341 g/mol. The summed E-state index contributed by atoms with van der Waals surface area (Å²) in [5, 5.41) is 11.2. The molecular weight excluding hydrogens is 310 g/mol. The molecule has 0 amide bonds. The van der Waals surface area contributed by atoms with Gasteiger partial charge in [0.15, 0.2) is 5.96 Å². The quantitative estimate of drug-likeness (QED) is 0.440. The maximum Gasteiger partial charge on any atom is 0.191 e. The molecule has 5 heteroatoms. The minimum atomic E-state index is 0.705. The molecule has 0 bridgehead atoms. The Hall–Kier alpha value is -2.30. The molecule has 0 aliphatic carbocycles. The van der Waals surface area contributed by atoms with Crippen molar-refractivity contribution in [2.45, 2.75) is 53.6 Å². The van der Waals surface area contributed by atoms with Crippen molar-refractivity contribution in [1.82, 2.24) is 20.4 Å². The zero-order valence-electron chi connectivity index (χ0n) is 16.0. The number of aliphatic imine (C=N–C) groups is 1. The Bertz CT molecular complexity index is 687. The van der Waals surface area contributed by atoms with Gasteiger partial charge in [0.25, 0.3) is 0 Å². The van der Waals surface area contributed by atoms with Crippen LogP contribution in [0, 0.1) is 13.8 Å². The Labute approximate surface area is 151 Å². The Morgan fingerprint density at radius 3 is 2.52 bits per heavy atom. The third kappa shape index (κ3) is 5.93. The molecule has 0 saturated carbocycles. The summed E-state index contributed by atoms with van der Waals surface area (Å²) in [5.74, 6) is 0.877. The Morgan fingerprint density at radius 2 is 1.88 bits per heavy atom. The van der Waals surface area contributed by atoms with Gasteiger partial charge in [-0.1, -0.05) is 31.2 Å². The predicted molar refractivity (Wildman–Crippen MR) is 105 cm³/mol. The number of nitrogens with zero attached hydrogens (tertiary/aromatic N) is 3. The first-order chi connectivity index (χ1) is 12.1. The van der Waals surface area contributed by atoms with Gasteiger partial charge >= 0.3 is 0 Å². The number of hydrogen-bond acceptors (Lipinski definition) is 2. The maximum absolute atomic E-state index is 4.73. The summed E-state index contributed by atoms with van der Waals surface area (Å²) in [6.45, 7) is 11.8. The zero-order chi connectivity index (χ0) is 18.1. The second-order valence-corrected chi connectivity index (χ2v) is 6.25. The molecule has 2 rings (SSSR count). The normalized spacial score (nSPS) is 11.6. The number of guanidine groups is 1. The molecule has 2 N–H and O–H groups in total. The van der Waals surface area contributed by atoms with Crippen LogP contribution in [-0.4, -0.2) is 28.8 Å². The van der Waals surface area contributed by atoms with E-state index in [0.717, 1.165) is 44.1 Å². The number of hydrogen-bond donors (Lipinski definition) is 2. The van der Waals surface area contributed by atoms with Gasteiger partial charge in [-0.05, 0) is 50.8 Å². The van der Waals surface area contributed by atoms with Crippen molar-refractivity contribution in [2.75, 3.05) is 13.1 Å². The minimum absolute atomic E-state index is 0.705. The largest absolute Gasteiger partial charge is 0.357 e. The number of nitrogens with one attached hydrogen (secondary N) is 2. The third-order valence-electron chi connectivity index (χ3n) is 4.19. The fourth-order valence-corrected chi connectivity index (χ4v) is 2.90. The summed E-state index contributed by atoms with van der Waals surface area (Å²) < 4.78 is 2.07. The average Bonchev–Trinajstić information content (AvgIpc) is 2.94. The van der Waals surface area contributed by atoms with Crippen LogP contribution in [0.3, 0.4) is 0 Å².